The summed E-state index contributed by atoms with van der Waals surface area (Å²) < 4.78 is 25.7. The van der Waals surface area contributed by atoms with Crippen LogP contribution in [0.4, 0.5) is 8.78 Å². The van der Waals surface area contributed by atoms with Crippen molar-refractivity contribution >= 4 is 12.2 Å². The van der Waals surface area contributed by atoms with Gasteiger partial charge in [0, 0.05) is 0 Å². The molecule has 0 unspecified atom stereocenters. The molecular weight excluding hydrogens is 206 g/mol. The van der Waals surface area contributed by atoms with E-state index in [4.69, 9.17) is 0 Å². The lowest BCUT2D eigenvalue weighted by Crippen LogP contribution is -1.77. The molecular formula is C14H10F2. The van der Waals surface area contributed by atoms with E-state index in [9.17, 15) is 8.78 Å². The Kier molecular flexibility index (Phi) is 3.10. The highest BCUT2D eigenvalue weighted by Gasteiger charge is 1.92. The predicted molar refractivity (Wildman–Crippen MR) is 61.7 cm³/mol. The molecule has 0 radical (unpaired) electrons. The van der Waals surface area contributed by atoms with Crippen molar-refractivity contribution in [2.45, 2.75) is 0 Å². The molecule has 0 heterocycles. The molecule has 2 heteroatoms. The van der Waals surface area contributed by atoms with Crippen LogP contribution in [0.15, 0.2) is 48.5 Å². The largest absolute Gasteiger partial charge is 0.207 e. The van der Waals surface area contributed by atoms with Gasteiger partial charge in [-0.2, -0.15) is 0 Å². The molecule has 0 N–H and O–H groups in total. The highest BCUT2D eigenvalue weighted by Crippen LogP contribution is 2.10. The molecule has 0 bridgehead atoms. The Bertz CT molecular complexity index is 468. The van der Waals surface area contributed by atoms with E-state index in [0.29, 0.717) is 0 Å². The van der Waals surface area contributed by atoms with Gasteiger partial charge in [0.15, 0.2) is 0 Å². The first-order chi connectivity index (χ1) is 7.74. The van der Waals surface area contributed by atoms with Crippen LogP contribution in [0.5, 0.6) is 0 Å². The molecule has 0 aliphatic heterocycles. The van der Waals surface area contributed by atoms with Crippen LogP contribution in [0.2, 0.25) is 0 Å². The van der Waals surface area contributed by atoms with Gasteiger partial charge in [-0.15, -0.1) is 0 Å². The lowest BCUT2D eigenvalue weighted by molar-refractivity contribution is 0.627. The molecule has 0 aliphatic carbocycles. The average molecular weight is 216 g/mol. The molecule has 0 amide bonds. The number of hydrogen-bond donors (Lipinski definition) is 0. The third kappa shape index (κ3) is 2.76. The molecule has 0 aliphatic rings. The van der Waals surface area contributed by atoms with Crippen molar-refractivity contribution in [1.29, 1.82) is 0 Å². The van der Waals surface area contributed by atoms with Crippen molar-refractivity contribution in [1.82, 2.24) is 0 Å². The molecule has 0 nitrogen and oxygen atoms in total. The monoisotopic (exact) mass is 216 g/mol. The minimum Gasteiger partial charge on any atom is -0.207 e. The Labute approximate surface area is 92.9 Å². The summed E-state index contributed by atoms with van der Waals surface area (Å²) in [7, 11) is 0. The van der Waals surface area contributed by atoms with Crippen LogP contribution < -0.4 is 0 Å². The standard InChI is InChI=1S/C14H10F2/c15-13-5-1-3-11(9-13)7-8-12-4-2-6-14(16)10-12/h1-10H/b8-7+. The van der Waals surface area contributed by atoms with Gasteiger partial charge in [0.25, 0.3) is 0 Å². The quantitative estimate of drug-likeness (QED) is 0.662. The van der Waals surface area contributed by atoms with E-state index >= 15 is 0 Å². The fraction of sp³-hybridized carbons (Fsp3) is 0. The van der Waals surface area contributed by atoms with E-state index in [2.05, 4.69) is 0 Å². The molecule has 16 heavy (non-hydrogen) atoms. The Hall–Kier alpha value is -1.96. The van der Waals surface area contributed by atoms with Gasteiger partial charge in [-0.05, 0) is 35.4 Å². The summed E-state index contributed by atoms with van der Waals surface area (Å²) in [6, 6.07) is 12.5. The van der Waals surface area contributed by atoms with Gasteiger partial charge in [0.1, 0.15) is 11.6 Å². The van der Waals surface area contributed by atoms with E-state index in [-0.39, 0.29) is 11.6 Å². The topological polar surface area (TPSA) is 0 Å². The summed E-state index contributed by atoms with van der Waals surface area (Å²) in [4.78, 5) is 0. The van der Waals surface area contributed by atoms with E-state index < -0.39 is 0 Å². The fourth-order valence-corrected chi connectivity index (χ4v) is 1.41. The van der Waals surface area contributed by atoms with Crippen molar-refractivity contribution in [2.75, 3.05) is 0 Å². The summed E-state index contributed by atoms with van der Waals surface area (Å²) in [6.07, 6.45) is 3.50. The van der Waals surface area contributed by atoms with Crippen LogP contribution >= 0.6 is 0 Å². The van der Waals surface area contributed by atoms with Crippen molar-refractivity contribution in [3.8, 4) is 0 Å². The number of benzene rings is 2. The van der Waals surface area contributed by atoms with E-state index in [1.807, 2.05) is 0 Å². The van der Waals surface area contributed by atoms with Crippen LogP contribution in [-0.4, -0.2) is 0 Å². The molecule has 0 fully saturated rings. The smallest absolute Gasteiger partial charge is 0.123 e. The van der Waals surface area contributed by atoms with Gasteiger partial charge in [-0.1, -0.05) is 36.4 Å². The SMILES string of the molecule is Fc1cccc(/C=C/c2cccc(F)c2)c1. The molecule has 0 atom stereocenters. The molecule has 0 saturated heterocycles. The molecule has 0 aromatic heterocycles. The molecule has 80 valence electrons. The van der Waals surface area contributed by atoms with Crippen molar-refractivity contribution in [3.05, 3.63) is 71.3 Å². The minimum atomic E-state index is -0.276. The maximum atomic E-state index is 12.9. The number of hydrogen-bond acceptors (Lipinski definition) is 0. The fourth-order valence-electron chi connectivity index (χ4n) is 1.41. The summed E-state index contributed by atoms with van der Waals surface area (Å²) in [6.45, 7) is 0. The first-order valence-electron chi connectivity index (χ1n) is 4.93. The minimum absolute atomic E-state index is 0.276. The molecule has 2 rings (SSSR count). The summed E-state index contributed by atoms with van der Waals surface area (Å²) in [5, 5.41) is 0. The van der Waals surface area contributed by atoms with Crippen molar-refractivity contribution in [2.24, 2.45) is 0 Å². The Morgan fingerprint density at radius 3 is 1.50 bits per heavy atom. The van der Waals surface area contributed by atoms with Crippen LogP contribution in [0, 0.1) is 11.6 Å². The lowest BCUT2D eigenvalue weighted by atomic mass is 10.1. The Morgan fingerprint density at radius 1 is 0.688 bits per heavy atom. The zero-order valence-electron chi connectivity index (χ0n) is 8.53. The van der Waals surface area contributed by atoms with Gasteiger partial charge < -0.3 is 0 Å². The molecule has 2 aromatic rings. The van der Waals surface area contributed by atoms with Crippen molar-refractivity contribution in [3.63, 3.8) is 0 Å². The molecule has 0 saturated carbocycles. The van der Waals surface area contributed by atoms with Crippen LogP contribution in [-0.2, 0) is 0 Å². The zero-order valence-corrected chi connectivity index (χ0v) is 8.53. The van der Waals surface area contributed by atoms with Gasteiger partial charge in [-0.3, -0.25) is 0 Å². The number of halogens is 2. The first kappa shape index (κ1) is 10.6. The van der Waals surface area contributed by atoms with Gasteiger partial charge in [-0.25, -0.2) is 8.78 Å². The summed E-state index contributed by atoms with van der Waals surface area (Å²) >= 11 is 0. The van der Waals surface area contributed by atoms with Crippen LogP contribution in [0.25, 0.3) is 12.2 Å². The van der Waals surface area contributed by atoms with Crippen LogP contribution in [0.3, 0.4) is 0 Å². The Morgan fingerprint density at radius 2 is 1.12 bits per heavy atom. The number of rotatable bonds is 2. The third-order valence-electron chi connectivity index (χ3n) is 2.17. The summed E-state index contributed by atoms with van der Waals surface area (Å²) in [5.74, 6) is -0.553. The van der Waals surface area contributed by atoms with Gasteiger partial charge >= 0.3 is 0 Å². The Balaban J connectivity index is 2.21. The van der Waals surface area contributed by atoms with Crippen LogP contribution in [0.1, 0.15) is 11.1 Å². The van der Waals surface area contributed by atoms with E-state index in [1.54, 1.807) is 36.4 Å². The molecule has 2 aromatic carbocycles. The van der Waals surface area contributed by atoms with Gasteiger partial charge in [0.2, 0.25) is 0 Å². The normalized spacial score (nSPS) is 10.9. The third-order valence-corrected chi connectivity index (χ3v) is 2.17. The van der Waals surface area contributed by atoms with Gasteiger partial charge in [0.05, 0.1) is 0 Å². The maximum absolute atomic E-state index is 12.9. The predicted octanol–water partition coefficient (Wildman–Crippen LogP) is 4.14. The van der Waals surface area contributed by atoms with Crippen molar-refractivity contribution < 1.29 is 8.78 Å². The highest BCUT2D eigenvalue weighted by molar-refractivity contribution is 5.69. The van der Waals surface area contributed by atoms with E-state index in [0.717, 1.165) is 11.1 Å². The second kappa shape index (κ2) is 4.71. The second-order valence-corrected chi connectivity index (χ2v) is 3.44. The lowest BCUT2D eigenvalue weighted by Gasteiger charge is -1.95. The average Bonchev–Trinajstić information content (AvgIpc) is 2.27. The molecule has 0 spiro atoms. The summed E-state index contributed by atoms with van der Waals surface area (Å²) in [5.41, 5.74) is 1.51. The first-order valence-corrected chi connectivity index (χ1v) is 4.93. The zero-order chi connectivity index (χ0) is 11.4. The highest BCUT2D eigenvalue weighted by atomic mass is 19.1. The maximum Gasteiger partial charge on any atom is 0.123 e. The van der Waals surface area contributed by atoms with E-state index in [1.165, 1.54) is 24.3 Å². The second-order valence-electron chi connectivity index (χ2n) is 3.44.